The van der Waals surface area contributed by atoms with Gasteiger partial charge in [0, 0.05) is 11.8 Å². The van der Waals surface area contributed by atoms with Crippen molar-refractivity contribution in [2.24, 2.45) is 47.3 Å². The predicted octanol–water partition coefficient (Wildman–Crippen LogP) is 2.19. The normalized spacial score (nSPS) is 49.7. The van der Waals surface area contributed by atoms with Crippen molar-refractivity contribution in [1.29, 1.82) is 0 Å². The van der Waals surface area contributed by atoms with Crippen LogP contribution in [0, 0.1) is 47.3 Å². The van der Waals surface area contributed by atoms with Gasteiger partial charge in [0.25, 0.3) is 0 Å². The quantitative estimate of drug-likeness (QED) is 0.579. The van der Waals surface area contributed by atoms with E-state index in [1.165, 1.54) is 39.9 Å². The van der Waals surface area contributed by atoms with Crippen molar-refractivity contribution in [3.8, 4) is 0 Å². The Morgan fingerprint density at radius 2 is 1.27 bits per heavy atom. The number of carbonyl (C=O) groups excluding carboxylic acids is 2. The van der Waals surface area contributed by atoms with E-state index in [-0.39, 0.29) is 23.8 Å². The van der Waals surface area contributed by atoms with E-state index >= 15 is 0 Å². The van der Waals surface area contributed by atoms with Crippen molar-refractivity contribution in [3.05, 3.63) is 11.1 Å². The zero-order valence-corrected chi connectivity index (χ0v) is 13.1. The Kier molecular flexibility index (Phi) is 2.48. The second-order valence-corrected chi connectivity index (χ2v) is 7.91. The van der Waals surface area contributed by atoms with Gasteiger partial charge in [0.1, 0.15) is 0 Å². The molecule has 22 heavy (non-hydrogen) atoms. The van der Waals surface area contributed by atoms with E-state index in [0.29, 0.717) is 23.0 Å². The van der Waals surface area contributed by atoms with Crippen molar-refractivity contribution >= 4 is 11.9 Å². The van der Waals surface area contributed by atoms with Crippen molar-refractivity contribution in [2.75, 3.05) is 14.2 Å². The summed E-state index contributed by atoms with van der Waals surface area (Å²) in [6.07, 6.45) is 5.36. The van der Waals surface area contributed by atoms with Crippen molar-refractivity contribution < 1.29 is 19.1 Å². The number of hydrogen-bond acceptors (Lipinski definition) is 4. The van der Waals surface area contributed by atoms with Crippen LogP contribution in [0.25, 0.3) is 0 Å². The van der Waals surface area contributed by atoms with Crippen LogP contribution in [0.2, 0.25) is 0 Å². The number of rotatable bonds is 2. The average Bonchev–Trinajstić information content (AvgIpc) is 3.23. The topological polar surface area (TPSA) is 52.6 Å². The number of carbonyl (C=O) groups is 2. The smallest absolute Gasteiger partial charge is 0.334 e. The minimum Gasteiger partial charge on any atom is -0.466 e. The number of methoxy groups -OCH3 is 2. The molecule has 0 N–H and O–H groups in total. The molecule has 5 aliphatic rings. The van der Waals surface area contributed by atoms with Crippen molar-refractivity contribution in [2.45, 2.75) is 25.7 Å². The summed E-state index contributed by atoms with van der Waals surface area (Å²) in [7, 11) is 2.82. The minimum atomic E-state index is -0.311. The van der Waals surface area contributed by atoms with Crippen LogP contribution in [-0.2, 0) is 19.1 Å². The fourth-order valence-corrected chi connectivity index (χ4v) is 7.35. The molecule has 4 saturated carbocycles. The average molecular weight is 302 g/mol. The van der Waals surface area contributed by atoms with E-state index in [9.17, 15) is 9.59 Å². The third kappa shape index (κ3) is 1.27. The Hall–Kier alpha value is -1.32. The highest BCUT2D eigenvalue weighted by molar-refractivity contribution is 6.04. The van der Waals surface area contributed by atoms with E-state index in [0.717, 1.165) is 23.7 Å². The lowest BCUT2D eigenvalue weighted by molar-refractivity contribution is -0.143. The Morgan fingerprint density at radius 3 is 1.68 bits per heavy atom. The van der Waals surface area contributed by atoms with Crippen LogP contribution in [0.5, 0.6) is 0 Å². The van der Waals surface area contributed by atoms with Crippen LogP contribution in [-0.4, -0.2) is 26.2 Å². The maximum atomic E-state index is 12.2. The van der Waals surface area contributed by atoms with Gasteiger partial charge >= 0.3 is 11.9 Å². The van der Waals surface area contributed by atoms with Gasteiger partial charge in [0.05, 0.1) is 25.4 Å². The van der Waals surface area contributed by atoms with Crippen LogP contribution >= 0.6 is 0 Å². The molecule has 0 aromatic carbocycles. The van der Waals surface area contributed by atoms with Gasteiger partial charge in [-0.15, -0.1) is 0 Å². The van der Waals surface area contributed by atoms with Gasteiger partial charge in [-0.05, 0) is 61.2 Å². The minimum absolute atomic E-state index is 0.271. The predicted molar refractivity (Wildman–Crippen MR) is 77.4 cm³/mol. The molecule has 4 fully saturated rings. The molecule has 118 valence electrons. The van der Waals surface area contributed by atoms with Crippen molar-refractivity contribution in [1.82, 2.24) is 0 Å². The van der Waals surface area contributed by atoms with E-state index in [2.05, 4.69) is 0 Å². The van der Waals surface area contributed by atoms with Gasteiger partial charge in [0.15, 0.2) is 0 Å². The molecule has 0 spiro atoms. The van der Waals surface area contributed by atoms with Gasteiger partial charge in [0.2, 0.25) is 0 Å². The first kappa shape index (κ1) is 13.1. The molecule has 0 amide bonds. The van der Waals surface area contributed by atoms with Crippen molar-refractivity contribution in [3.63, 3.8) is 0 Å². The molecule has 0 radical (unpaired) electrons. The number of fused-ring (bicyclic) bond motifs is 12. The molecule has 5 rings (SSSR count). The molecule has 4 bridgehead atoms. The van der Waals surface area contributed by atoms with E-state index in [4.69, 9.17) is 9.47 Å². The zero-order chi connectivity index (χ0) is 15.2. The standard InChI is InChI=1S/C18H22O4/c1-21-17(19)15-13-9-6-10(14(13)16(15)18(20)22-2)12-8-4-3-7(5-8)11(9)12/h7-14H,3-6H2,1-2H3/t7-,8?,9+,10-,11?,12?,13?,14?/m1/s1. The summed E-state index contributed by atoms with van der Waals surface area (Å²) in [6, 6.07) is 0. The molecule has 5 unspecified atom stereocenters. The van der Waals surface area contributed by atoms with Gasteiger partial charge in [-0.25, -0.2) is 9.59 Å². The Bertz CT molecular complexity index is 556. The molecule has 0 heterocycles. The molecule has 0 aromatic heterocycles. The maximum Gasteiger partial charge on any atom is 0.334 e. The third-order valence-corrected chi connectivity index (χ3v) is 7.66. The van der Waals surface area contributed by atoms with Crippen LogP contribution in [0.15, 0.2) is 11.1 Å². The highest BCUT2D eigenvalue weighted by Gasteiger charge is 2.71. The summed E-state index contributed by atoms with van der Waals surface area (Å²) in [5.74, 6) is 4.52. The molecule has 4 heteroatoms. The molecule has 0 aromatic rings. The van der Waals surface area contributed by atoms with E-state index in [1.54, 1.807) is 0 Å². The van der Waals surface area contributed by atoms with Crippen LogP contribution in [0.3, 0.4) is 0 Å². The monoisotopic (exact) mass is 302 g/mol. The SMILES string of the molecule is COC(=O)C1=C(C(=O)OC)C2C1[C@H]1C[C@@H]2C2C3CC[C@H](C3)C21. The van der Waals surface area contributed by atoms with Gasteiger partial charge in [-0.2, -0.15) is 0 Å². The summed E-state index contributed by atoms with van der Waals surface area (Å²) in [4.78, 5) is 24.4. The number of ether oxygens (including phenoxy) is 2. The highest BCUT2D eigenvalue weighted by Crippen LogP contribution is 2.75. The van der Waals surface area contributed by atoms with Crippen LogP contribution in [0.4, 0.5) is 0 Å². The first-order chi connectivity index (χ1) is 10.7. The first-order valence-electron chi connectivity index (χ1n) is 8.58. The van der Waals surface area contributed by atoms with E-state index < -0.39 is 0 Å². The second-order valence-electron chi connectivity index (χ2n) is 7.91. The molecule has 5 aliphatic carbocycles. The highest BCUT2D eigenvalue weighted by atomic mass is 16.5. The van der Waals surface area contributed by atoms with Gasteiger partial charge < -0.3 is 9.47 Å². The lowest BCUT2D eigenvalue weighted by atomic mass is 9.54. The Balaban J connectivity index is 1.57. The van der Waals surface area contributed by atoms with Crippen LogP contribution in [0.1, 0.15) is 25.7 Å². The largest absolute Gasteiger partial charge is 0.466 e. The summed E-state index contributed by atoms with van der Waals surface area (Å²) >= 11 is 0. The van der Waals surface area contributed by atoms with E-state index in [1.807, 2.05) is 0 Å². The molecule has 0 saturated heterocycles. The lowest BCUT2D eigenvalue weighted by Crippen LogP contribution is -2.49. The fraction of sp³-hybridized carbons (Fsp3) is 0.778. The number of hydrogen-bond donors (Lipinski definition) is 0. The summed E-state index contributed by atoms with van der Waals surface area (Å²) < 4.78 is 9.93. The fourth-order valence-electron chi connectivity index (χ4n) is 7.35. The summed E-state index contributed by atoms with van der Waals surface area (Å²) in [5, 5.41) is 0. The maximum absolute atomic E-state index is 12.2. The summed E-state index contributed by atoms with van der Waals surface area (Å²) in [5.41, 5.74) is 1.29. The lowest BCUT2D eigenvalue weighted by Gasteiger charge is -2.49. The Morgan fingerprint density at radius 1 is 0.818 bits per heavy atom. The molecule has 8 atom stereocenters. The first-order valence-corrected chi connectivity index (χ1v) is 8.58. The summed E-state index contributed by atoms with van der Waals surface area (Å²) in [6.45, 7) is 0. The third-order valence-electron chi connectivity index (χ3n) is 7.66. The second kappa shape index (κ2) is 4.15. The van der Waals surface area contributed by atoms with Crippen LogP contribution < -0.4 is 0 Å². The van der Waals surface area contributed by atoms with Gasteiger partial charge in [-0.1, -0.05) is 0 Å². The zero-order valence-electron chi connectivity index (χ0n) is 13.1. The molecule has 0 aliphatic heterocycles. The Labute approximate surface area is 130 Å². The molecular weight excluding hydrogens is 280 g/mol. The van der Waals surface area contributed by atoms with Gasteiger partial charge in [-0.3, -0.25) is 0 Å². The molecular formula is C18H22O4. The molecule has 4 nitrogen and oxygen atoms in total. The number of esters is 2.